The molecular weight excluding hydrogens is 294 g/mol. The summed E-state index contributed by atoms with van der Waals surface area (Å²) in [5.41, 5.74) is 8.65. The van der Waals surface area contributed by atoms with Crippen LogP contribution in [-0.2, 0) is 6.54 Å². The Balaban J connectivity index is 2.09. The lowest BCUT2D eigenvalue weighted by Gasteiger charge is -2.04. The van der Waals surface area contributed by atoms with Crippen LogP contribution >= 0.6 is 15.9 Å². The maximum atomic E-state index is 5.94. The van der Waals surface area contributed by atoms with E-state index in [9.17, 15) is 0 Å². The van der Waals surface area contributed by atoms with Crippen LogP contribution in [0.1, 0.15) is 5.69 Å². The van der Waals surface area contributed by atoms with Gasteiger partial charge >= 0.3 is 0 Å². The largest absolute Gasteiger partial charge is 0.369 e. The van der Waals surface area contributed by atoms with Gasteiger partial charge in [-0.15, -0.1) is 0 Å². The van der Waals surface area contributed by atoms with Gasteiger partial charge in [-0.1, -0.05) is 15.9 Å². The Kier molecular flexibility index (Phi) is 2.71. The van der Waals surface area contributed by atoms with Gasteiger partial charge in [0, 0.05) is 10.7 Å². The van der Waals surface area contributed by atoms with E-state index in [4.69, 9.17) is 5.73 Å². The Morgan fingerprint density at radius 2 is 2.17 bits per heavy atom. The van der Waals surface area contributed by atoms with Crippen molar-refractivity contribution in [1.82, 2.24) is 19.7 Å². The second kappa shape index (κ2) is 4.38. The lowest BCUT2D eigenvalue weighted by Crippen LogP contribution is -2.06. The van der Waals surface area contributed by atoms with E-state index < -0.39 is 0 Å². The molecule has 0 saturated heterocycles. The Labute approximate surface area is 112 Å². The lowest BCUT2D eigenvalue weighted by atomic mass is 10.3. The van der Waals surface area contributed by atoms with Gasteiger partial charge < -0.3 is 10.3 Å². The fourth-order valence-corrected chi connectivity index (χ4v) is 2.22. The highest BCUT2D eigenvalue weighted by atomic mass is 79.9. The van der Waals surface area contributed by atoms with Crippen LogP contribution < -0.4 is 5.73 Å². The first kappa shape index (κ1) is 11.2. The first-order valence-corrected chi connectivity index (χ1v) is 6.21. The topological polar surface area (TPSA) is 69.6 Å². The third-order valence-corrected chi connectivity index (χ3v) is 3.18. The average molecular weight is 304 g/mol. The van der Waals surface area contributed by atoms with Gasteiger partial charge in [-0.3, -0.25) is 0 Å². The summed E-state index contributed by atoms with van der Waals surface area (Å²) in [7, 11) is 0. The molecule has 18 heavy (non-hydrogen) atoms. The first-order chi connectivity index (χ1) is 8.74. The van der Waals surface area contributed by atoms with Crippen molar-refractivity contribution in [1.29, 1.82) is 0 Å². The maximum Gasteiger partial charge on any atom is 0.201 e. The van der Waals surface area contributed by atoms with E-state index in [1.54, 1.807) is 6.20 Å². The molecule has 2 N–H and O–H groups in total. The second-order valence-corrected chi connectivity index (χ2v) is 4.82. The molecule has 2 aromatic heterocycles. The summed E-state index contributed by atoms with van der Waals surface area (Å²) in [4.78, 5) is 4.33. The first-order valence-electron chi connectivity index (χ1n) is 5.42. The van der Waals surface area contributed by atoms with Gasteiger partial charge in [0.15, 0.2) is 0 Å². The van der Waals surface area contributed by atoms with Crippen molar-refractivity contribution in [3.63, 3.8) is 0 Å². The van der Waals surface area contributed by atoms with Gasteiger partial charge in [-0.05, 0) is 30.3 Å². The van der Waals surface area contributed by atoms with E-state index in [2.05, 4.69) is 31.1 Å². The Hall–Kier alpha value is -1.95. The fourth-order valence-electron chi connectivity index (χ4n) is 1.87. The number of benzene rings is 1. The van der Waals surface area contributed by atoms with Crippen LogP contribution in [0.5, 0.6) is 0 Å². The lowest BCUT2D eigenvalue weighted by molar-refractivity contribution is 0.782. The molecule has 0 radical (unpaired) electrons. The van der Waals surface area contributed by atoms with Crippen LogP contribution in [0.4, 0.5) is 5.95 Å². The van der Waals surface area contributed by atoms with Gasteiger partial charge in [0.25, 0.3) is 0 Å². The summed E-state index contributed by atoms with van der Waals surface area (Å²) in [5, 5.41) is 7.91. The van der Waals surface area contributed by atoms with Gasteiger partial charge in [0.1, 0.15) is 0 Å². The van der Waals surface area contributed by atoms with Crippen molar-refractivity contribution in [2.45, 2.75) is 6.54 Å². The summed E-state index contributed by atoms with van der Waals surface area (Å²) in [5.74, 6) is 0.480. The number of imidazole rings is 1. The molecule has 90 valence electrons. The van der Waals surface area contributed by atoms with E-state index in [-0.39, 0.29) is 0 Å². The molecule has 3 aromatic rings. The zero-order valence-electron chi connectivity index (χ0n) is 9.42. The third kappa shape index (κ3) is 1.95. The number of rotatable bonds is 2. The average Bonchev–Trinajstić information content (AvgIpc) is 2.66. The molecular formula is C12H10BrN5. The molecule has 0 aliphatic carbocycles. The molecule has 0 fully saturated rings. The highest BCUT2D eigenvalue weighted by Gasteiger charge is 2.09. The molecule has 2 heterocycles. The number of anilines is 1. The Morgan fingerprint density at radius 1 is 1.28 bits per heavy atom. The van der Waals surface area contributed by atoms with Crippen molar-refractivity contribution in [2.75, 3.05) is 5.73 Å². The number of nitrogens with two attached hydrogens (primary N) is 1. The van der Waals surface area contributed by atoms with E-state index in [0.717, 1.165) is 21.2 Å². The second-order valence-electron chi connectivity index (χ2n) is 3.90. The molecule has 0 unspecified atom stereocenters. The van der Waals surface area contributed by atoms with Crippen LogP contribution in [0.3, 0.4) is 0 Å². The quantitative estimate of drug-likeness (QED) is 0.788. The molecule has 0 bridgehead atoms. The van der Waals surface area contributed by atoms with Crippen molar-refractivity contribution in [3.05, 3.63) is 46.7 Å². The minimum atomic E-state index is 0.480. The van der Waals surface area contributed by atoms with E-state index in [1.165, 1.54) is 0 Å². The number of halogens is 1. The summed E-state index contributed by atoms with van der Waals surface area (Å²) in [6.07, 6.45) is 1.65. The molecule has 3 rings (SSSR count). The highest BCUT2D eigenvalue weighted by Crippen LogP contribution is 2.22. The summed E-state index contributed by atoms with van der Waals surface area (Å²) < 4.78 is 2.91. The number of nitrogens with zero attached hydrogens (tertiary/aromatic N) is 4. The minimum Gasteiger partial charge on any atom is -0.369 e. The number of nitrogen functional groups attached to an aromatic ring is 1. The molecule has 0 aliphatic rings. The number of fused-ring (bicyclic) bond motifs is 1. The predicted octanol–water partition coefficient (Wildman–Crippen LogP) is 2.22. The molecule has 5 nitrogen and oxygen atoms in total. The molecule has 0 atom stereocenters. The highest BCUT2D eigenvalue weighted by molar-refractivity contribution is 9.10. The summed E-state index contributed by atoms with van der Waals surface area (Å²) in [6.45, 7) is 0.567. The zero-order valence-corrected chi connectivity index (χ0v) is 11.0. The van der Waals surface area contributed by atoms with E-state index in [0.29, 0.717) is 12.5 Å². The smallest absolute Gasteiger partial charge is 0.201 e. The van der Waals surface area contributed by atoms with Crippen LogP contribution in [0, 0.1) is 0 Å². The summed E-state index contributed by atoms with van der Waals surface area (Å²) >= 11 is 3.42. The molecule has 6 heteroatoms. The Morgan fingerprint density at radius 3 is 2.94 bits per heavy atom. The van der Waals surface area contributed by atoms with Gasteiger partial charge in [0.2, 0.25) is 5.95 Å². The van der Waals surface area contributed by atoms with Crippen molar-refractivity contribution < 1.29 is 0 Å². The number of hydrogen-bond acceptors (Lipinski definition) is 4. The molecule has 0 spiro atoms. The molecule has 1 aromatic carbocycles. The predicted molar refractivity (Wildman–Crippen MR) is 73.0 cm³/mol. The Bertz CT molecular complexity index is 692. The van der Waals surface area contributed by atoms with Gasteiger partial charge in [0.05, 0.1) is 23.3 Å². The van der Waals surface area contributed by atoms with Crippen LogP contribution in [0.15, 0.2) is 41.0 Å². The normalized spacial score (nSPS) is 10.9. The van der Waals surface area contributed by atoms with Crippen LogP contribution in [0.25, 0.3) is 11.0 Å². The fraction of sp³-hybridized carbons (Fsp3) is 0.0833. The van der Waals surface area contributed by atoms with Crippen molar-refractivity contribution in [2.24, 2.45) is 0 Å². The van der Waals surface area contributed by atoms with Gasteiger partial charge in [-0.25, -0.2) is 4.98 Å². The number of aromatic nitrogens is 4. The van der Waals surface area contributed by atoms with Crippen LogP contribution in [-0.4, -0.2) is 19.7 Å². The molecule has 0 amide bonds. The third-order valence-electron chi connectivity index (χ3n) is 2.69. The molecule has 0 saturated carbocycles. The van der Waals surface area contributed by atoms with E-state index in [1.807, 2.05) is 34.9 Å². The maximum absolute atomic E-state index is 5.94. The monoisotopic (exact) mass is 303 g/mol. The zero-order chi connectivity index (χ0) is 12.5. The standard InChI is InChI=1S/C12H10BrN5/c13-8-3-4-11-10(6-8)16-12(14)18(11)7-9-2-1-5-15-17-9/h1-6H,7H2,(H2,14,16). The van der Waals surface area contributed by atoms with Crippen LogP contribution in [0.2, 0.25) is 0 Å². The SMILES string of the molecule is Nc1nc2cc(Br)ccc2n1Cc1cccnn1. The van der Waals surface area contributed by atoms with E-state index >= 15 is 0 Å². The van der Waals surface area contributed by atoms with Crippen molar-refractivity contribution >= 4 is 32.9 Å². The minimum absolute atomic E-state index is 0.480. The van der Waals surface area contributed by atoms with Gasteiger partial charge in [-0.2, -0.15) is 10.2 Å². The van der Waals surface area contributed by atoms with Crippen molar-refractivity contribution in [3.8, 4) is 0 Å². The number of hydrogen-bond donors (Lipinski definition) is 1. The summed E-state index contributed by atoms with van der Waals surface area (Å²) in [6, 6.07) is 9.67. The molecule has 0 aliphatic heterocycles.